The second-order valence-electron chi connectivity index (χ2n) is 3.94. The highest BCUT2D eigenvalue weighted by Crippen LogP contribution is 2.08. The molecule has 1 amide bonds. The molecule has 1 rings (SSSR count). The molecule has 0 spiro atoms. The Balaban J connectivity index is 1.93. The molecule has 1 atom stereocenters. The van der Waals surface area contributed by atoms with E-state index in [1.54, 1.807) is 6.26 Å². The van der Waals surface area contributed by atoms with Crippen molar-refractivity contribution >= 4 is 5.91 Å². The highest BCUT2D eigenvalue weighted by molar-refractivity contribution is 5.81. The minimum atomic E-state index is -0.277. The van der Waals surface area contributed by atoms with Crippen molar-refractivity contribution in [2.24, 2.45) is 0 Å². The van der Waals surface area contributed by atoms with Gasteiger partial charge in [-0.2, -0.15) is 0 Å². The molecular formula is C12H21NO2. The van der Waals surface area contributed by atoms with E-state index in [9.17, 15) is 4.79 Å². The van der Waals surface area contributed by atoms with Crippen LogP contribution >= 0.6 is 0 Å². The molecule has 0 fully saturated rings. The fourth-order valence-corrected chi connectivity index (χ4v) is 1.61. The molecule has 0 aromatic rings. The molecule has 0 aliphatic carbocycles. The number of ether oxygens (including phenoxy) is 1. The first kappa shape index (κ1) is 12.1. The van der Waals surface area contributed by atoms with E-state index in [1.165, 1.54) is 25.7 Å². The van der Waals surface area contributed by atoms with Crippen LogP contribution in [0.3, 0.4) is 0 Å². The molecule has 1 heterocycles. The maximum Gasteiger partial charge on any atom is 0.261 e. The zero-order valence-electron chi connectivity index (χ0n) is 9.50. The lowest BCUT2D eigenvalue weighted by atomic mass is 10.1. The number of amides is 1. The summed E-state index contributed by atoms with van der Waals surface area (Å²) < 4.78 is 5.12. The van der Waals surface area contributed by atoms with Gasteiger partial charge in [-0.15, -0.1) is 0 Å². The SMILES string of the molecule is CCCCCCCNC(=O)C1CC=CO1. The van der Waals surface area contributed by atoms with Crippen LogP contribution < -0.4 is 5.32 Å². The number of nitrogens with one attached hydrogen (secondary N) is 1. The van der Waals surface area contributed by atoms with Crippen LogP contribution in [0, 0.1) is 0 Å². The fraction of sp³-hybridized carbons (Fsp3) is 0.750. The quantitative estimate of drug-likeness (QED) is 0.657. The molecule has 86 valence electrons. The van der Waals surface area contributed by atoms with Gasteiger partial charge >= 0.3 is 0 Å². The number of carbonyl (C=O) groups excluding carboxylic acids is 1. The van der Waals surface area contributed by atoms with Crippen LogP contribution in [-0.2, 0) is 9.53 Å². The number of unbranched alkanes of at least 4 members (excludes halogenated alkanes) is 4. The first-order chi connectivity index (χ1) is 7.34. The minimum absolute atomic E-state index is 0.0236. The average molecular weight is 211 g/mol. The summed E-state index contributed by atoms with van der Waals surface area (Å²) in [7, 11) is 0. The summed E-state index contributed by atoms with van der Waals surface area (Å²) in [4.78, 5) is 11.5. The molecule has 0 bridgehead atoms. The van der Waals surface area contributed by atoms with Gasteiger partial charge in [0.25, 0.3) is 5.91 Å². The van der Waals surface area contributed by atoms with Crippen molar-refractivity contribution in [3.8, 4) is 0 Å². The zero-order chi connectivity index (χ0) is 10.9. The van der Waals surface area contributed by atoms with E-state index in [-0.39, 0.29) is 12.0 Å². The van der Waals surface area contributed by atoms with Gasteiger partial charge in [-0.3, -0.25) is 4.79 Å². The number of hydrogen-bond acceptors (Lipinski definition) is 2. The molecule has 3 heteroatoms. The van der Waals surface area contributed by atoms with Crippen molar-refractivity contribution in [1.29, 1.82) is 0 Å². The van der Waals surface area contributed by atoms with Gasteiger partial charge in [0.1, 0.15) is 0 Å². The van der Waals surface area contributed by atoms with Crippen LogP contribution in [-0.4, -0.2) is 18.6 Å². The molecule has 1 aliphatic heterocycles. The second-order valence-corrected chi connectivity index (χ2v) is 3.94. The Morgan fingerprint density at radius 3 is 2.87 bits per heavy atom. The third-order valence-electron chi connectivity index (χ3n) is 2.56. The summed E-state index contributed by atoms with van der Waals surface area (Å²) in [6.07, 6.45) is 10.0. The predicted molar refractivity (Wildman–Crippen MR) is 60.4 cm³/mol. The molecule has 15 heavy (non-hydrogen) atoms. The van der Waals surface area contributed by atoms with Gasteiger partial charge in [0.05, 0.1) is 6.26 Å². The lowest BCUT2D eigenvalue weighted by molar-refractivity contribution is -0.128. The first-order valence-electron chi connectivity index (χ1n) is 5.92. The standard InChI is InChI=1S/C12H21NO2/c1-2-3-4-5-6-9-13-12(14)11-8-7-10-15-11/h7,10-11H,2-6,8-9H2,1H3,(H,13,14). The number of rotatable bonds is 7. The maximum atomic E-state index is 11.5. The molecule has 0 saturated heterocycles. The van der Waals surface area contributed by atoms with Gasteiger partial charge in [-0.1, -0.05) is 32.6 Å². The van der Waals surface area contributed by atoms with Crippen LogP contribution in [0.4, 0.5) is 0 Å². The minimum Gasteiger partial charge on any atom is -0.488 e. The molecule has 1 unspecified atom stereocenters. The molecule has 0 aromatic heterocycles. The van der Waals surface area contributed by atoms with Crippen molar-refractivity contribution < 1.29 is 9.53 Å². The van der Waals surface area contributed by atoms with E-state index in [4.69, 9.17) is 4.74 Å². The Bertz CT molecular complexity index is 206. The molecule has 3 nitrogen and oxygen atoms in total. The Hall–Kier alpha value is -0.990. The van der Waals surface area contributed by atoms with Gasteiger partial charge in [-0.05, 0) is 12.5 Å². The van der Waals surface area contributed by atoms with Crippen LogP contribution in [0.25, 0.3) is 0 Å². The molecule has 1 aliphatic rings. The first-order valence-corrected chi connectivity index (χ1v) is 5.92. The fourth-order valence-electron chi connectivity index (χ4n) is 1.61. The van der Waals surface area contributed by atoms with Gasteiger partial charge in [0.15, 0.2) is 6.10 Å². The van der Waals surface area contributed by atoms with E-state index in [0.717, 1.165) is 13.0 Å². The highest BCUT2D eigenvalue weighted by Gasteiger charge is 2.19. The van der Waals surface area contributed by atoms with Crippen LogP contribution in [0.15, 0.2) is 12.3 Å². The van der Waals surface area contributed by atoms with E-state index >= 15 is 0 Å². The largest absolute Gasteiger partial charge is 0.488 e. The van der Waals surface area contributed by atoms with Crippen molar-refractivity contribution in [2.45, 2.75) is 51.6 Å². The van der Waals surface area contributed by atoms with E-state index in [0.29, 0.717) is 6.42 Å². The lowest BCUT2D eigenvalue weighted by Gasteiger charge is -2.10. The molecule has 1 N–H and O–H groups in total. The van der Waals surface area contributed by atoms with Crippen LogP contribution in [0.5, 0.6) is 0 Å². The number of hydrogen-bond donors (Lipinski definition) is 1. The summed E-state index contributed by atoms with van der Waals surface area (Å²) >= 11 is 0. The lowest BCUT2D eigenvalue weighted by Crippen LogP contribution is -2.34. The topological polar surface area (TPSA) is 38.3 Å². The summed E-state index contributed by atoms with van der Waals surface area (Å²) in [6, 6.07) is 0. The van der Waals surface area contributed by atoms with Crippen LogP contribution in [0.1, 0.15) is 45.4 Å². The summed E-state index contributed by atoms with van der Waals surface area (Å²) in [5.41, 5.74) is 0. The van der Waals surface area contributed by atoms with E-state index in [2.05, 4.69) is 12.2 Å². The Kier molecular flexibility index (Phi) is 5.90. The van der Waals surface area contributed by atoms with Crippen LogP contribution in [0.2, 0.25) is 0 Å². The smallest absolute Gasteiger partial charge is 0.261 e. The van der Waals surface area contributed by atoms with E-state index in [1.807, 2.05) is 6.08 Å². The third-order valence-corrected chi connectivity index (χ3v) is 2.56. The van der Waals surface area contributed by atoms with Crippen molar-refractivity contribution in [3.05, 3.63) is 12.3 Å². The van der Waals surface area contributed by atoms with Gasteiger partial charge in [0, 0.05) is 13.0 Å². The van der Waals surface area contributed by atoms with Crippen molar-refractivity contribution in [3.63, 3.8) is 0 Å². The molecular weight excluding hydrogens is 190 g/mol. The molecule has 0 radical (unpaired) electrons. The summed E-state index contributed by atoms with van der Waals surface area (Å²) in [5, 5.41) is 2.90. The maximum absolute atomic E-state index is 11.5. The van der Waals surface area contributed by atoms with Crippen molar-refractivity contribution in [1.82, 2.24) is 5.32 Å². The molecule has 0 aromatic carbocycles. The highest BCUT2D eigenvalue weighted by atomic mass is 16.5. The second kappa shape index (κ2) is 7.32. The predicted octanol–water partition coefficient (Wildman–Crippen LogP) is 2.38. The normalized spacial score (nSPS) is 18.9. The van der Waals surface area contributed by atoms with Crippen molar-refractivity contribution in [2.75, 3.05) is 6.54 Å². The van der Waals surface area contributed by atoms with Gasteiger partial charge in [-0.25, -0.2) is 0 Å². The van der Waals surface area contributed by atoms with E-state index < -0.39 is 0 Å². The molecule has 0 saturated carbocycles. The third kappa shape index (κ3) is 4.86. The monoisotopic (exact) mass is 211 g/mol. The summed E-state index contributed by atoms with van der Waals surface area (Å²) in [6.45, 7) is 2.98. The Morgan fingerprint density at radius 2 is 2.20 bits per heavy atom. The Morgan fingerprint density at radius 1 is 1.40 bits per heavy atom. The Labute approximate surface area is 91.9 Å². The van der Waals surface area contributed by atoms with Gasteiger partial charge < -0.3 is 10.1 Å². The van der Waals surface area contributed by atoms with Gasteiger partial charge in [0.2, 0.25) is 0 Å². The average Bonchev–Trinajstić information content (AvgIpc) is 2.76. The number of carbonyl (C=O) groups is 1. The zero-order valence-corrected chi connectivity index (χ0v) is 9.50. The summed E-state index contributed by atoms with van der Waals surface area (Å²) in [5.74, 6) is 0.0236.